The van der Waals surface area contributed by atoms with Crippen molar-refractivity contribution in [3.8, 4) is 0 Å². The summed E-state index contributed by atoms with van der Waals surface area (Å²) in [6.07, 6.45) is 2.07. The van der Waals surface area contributed by atoms with E-state index < -0.39 is 0 Å². The lowest BCUT2D eigenvalue weighted by molar-refractivity contribution is 0.676. The number of likely N-dealkylation sites (N-methyl/N-ethyl adjacent to an activating group) is 1. The average molecular weight is 283 g/mol. The van der Waals surface area contributed by atoms with Crippen molar-refractivity contribution in [2.75, 3.05) is 7.05 Å². The molecule has 0 fully saturated rings. The maximum atomic E-state index is 6.08. The molecule has 18 heavy (non-hydrogen) atoms. The number of hydrogen-bond acceptors (Lipinski definition) is 2. The molecule has 0 aliphatic heterocycles. The molecule has 1 aliphatic rings. The van der Waals surface area contributed by atoms with E-state index >= 15 is 0 Å². The lowest BCUT2D eigenvalue weighted by atomic mass is 9.88. The van der Waals surface area contributed by atoms with Crippen LogP contribution in [0.3, 0.4) is 0 Å². The molecule has 96 valence electrons. The van der Waals surface area contributed by atoms with Crippen LogP contribution >= 0.6 is 24.8 Å². The Bertz CT molecular complexity index is 588. The Balaban J connectivity index is 0.000000810. The van der Waals surface area contributed by atoms with Crippen LogP contribution in [0.1, 0.15) is 17.2 Å². The molecule has 0 heterocycles. The first-order chi connectivity index (χ1) is 7.81. The van der Waals surface area contributed by atoms with E-state index in [0.29, 0.717) is 0 Å². The van der Waals surface area contributed by atoms with Gasteiger partial charge in [-0.15, -0.1) is 24.8 Å². The van der Waals surface area contributed by atoms with Gasteiger partial charge in [-0.05, 0) is 35.0 Å². The Labute approximate surface area is 119 Å². The summed E-state index contributed by atoms with van der Waals surface area (Å²) in [6.45, 7) is 0. The van der Waals surface area contributed by atoms with Crippen LogP contribution in [0.15, 0.2) is 42.1 Å². The van der Waals surface area contributed by atoms with Gasteiger partial charge in [-0.2, -0.15) is 0 Å². The van der Waals surface area contributed by atoms with Crippen molar-refractivity contribution in [3.05, 3.63) is 53.2 Å². The highest BCUT2D eigenvalue weighted by Gasteiger charge is 2.20. The first-order valence-corrected chi connectivity index (χ1v) is 5.47. The minimum Gasteiger partial charge on any atom is -0.400 e. The average Bonchev–Trinajstić information content (AvgIpc) is 2.30. The molecule has 1 unspecified atom stereocenters. The van der Waals surface area contributed by atoms with Gasteiger partial charge in [0.25, 0.3) is 0 Å². The van der Waals surface area contributed by atoms with E-state index in [9.17, 15) is 0 Å². The summed E-state index contributed by atoms with van der Waals surface area (Å²) in [5.41, 5.74) is 9.45. The van der Waals surface area contributed by atoms with Gasteiger partial charge in [0.2, 0.25) is 0 Å². The van der Waals surface area contributed by atoms with Crippen molar-refractivity contribution in [2.45, 2.75) is 6.04 Å². The number of nitrogens with one attached hydrogen (secondary N) is 1. The van der Waals surface area contributed by atoms with Crippen LogP contribution in [-0.2, 0) is 0 Å². The topological polar surface area (TPSA) is 38.0 Å². The summed E-state index contributed by atoms with van der Waals surface area (Å²) in [4.78, 5) is 0. The van der Waals surface area contributed by atoms with E-state index in [-0.39, 0.29) is 30.9 Å². The molecule has 0 spiro atoms. The van der Waals surface area contributed by atoms with E-state index in [2.05, 4.69) is 47.8 Å². The molecular formula is C14H16Cl2N2. The van der Waals surface area contributed by atoms with Crippen LogP contribution in [0, 0.1) is 0 Å². The minimum absolute atomic E-state index is 0. The van der Waals surface area contributed by atoms with E-state index in [1.54, 1.807) is 0 Å². The first-order valence-electron chi connectivity index (χ1n) is 5.47. The second-order valence-corrected chi connectivity index (χ2v) is 4.16. The second kappa shape index (κ2) is 5.61. The second-order valence-electron chi connectivity index (χ2n) is 4.16. The lowest BCUT2D eigenvalue weighted by Crippen LogP contribution is -2.25. The van der Waals surface area contributed by atoms with Crippen LogP contribution < -0.4 is 11.1 Å². The monoisotopic (exact) mass is 282 g/mol. The highest BCUT2D eigenvalue weighted by molar-refractivity contribution is 5.96. The quantitative estimate of drug-likeness (QED) is 0.843. The normalized spacial score (nSPS) is 16.5. The van der Waals surface area contributed by atoms with Gasteiger partial charge in [-0.3, -0.25) is 0 Å². The van der Waals surface area contributed by atoms with Gasteiger partial charge in [0.15, 0.2) is 0 Å². The fourth-order valence-electron chi connectivity index (χ4n) is 2.53. The van der Waals surface area contributed by atoms with Gasteiger partial charge < -0.3 is 11.1 Å². The third-order valence-electron chi connectivity index (χ3n) is 3.22. The predicted octanol–water partition coefficient (Wildman–Crippen LogP) is 3.26. The SMILES string of the molecule is CNC1C(N)=Cc2cccc3cccc1c23.Cl.Cl. The van der Waals surface area contributed by atoms with Gasteiger partial charge in [-0.25, -0.2) is 0 Å². The fraction of sp³-hybridized carbons (Fsp3) is 0.143. The van der Waals surface area contributed by atoms with Gasteiger partial charge in [0.05, 0.1) is 6.04 Å². The van der Waals surface area contributed by atoms with E-state index in [0.717, 1.165) is 5.70 Å². The van der Waals surface area contributed by atoms with Gasteiger partial charge in [0.1, 0.15) is 0 Å². The molecule has 3 N–H and O–H groups in total. The van der Waals surface area contributed by atoms with Crippen molar-refractivity contribution in [2.24, 2.45) is 5.73 Å². The molecule has 4 heteroatoms. The molecule has 0 amide bonds. The zero-order chi connectivity index (χ0) is 11.1. The maximum Gasteiger partial charge on any atom is 0.0727 e. The zero-order valence-electron chi connectivity index (χ0n) is 10.0. The molecule has 0 saturated heterocycles. The molecule has 0 saturated carbocycles. The standard InChI is InChI=1S/C14H14N2.2ClH/c1-16-14-11-7-3-5-9-4-2-6-10(13(9)11)8-12(14)15;;/h2-8,14,16H,15H2,1H3;2*1H. The molecule has 2 nitrogen and oxygen atoms in total. The highest BCUT2D eigenvalue weighted by Crippen LogP contribution is 2.35. The molecule has 2 aromatic rings. The van der Waals surface area contributed by atoms with Crippen LogP contribution in [0.4, 0.5) is 0 Å². The molecule has 0 bridgehead atoms. The van der Waals surface area contributed by atoms with Crippen molar-refractivity contribution >= 4 is 41.7 Å². The van der Waals surface area contributed by atoms with Crippen LogP contribution in [-0.4, -0.2) is 7.05 Å². The Kier molecular flexibility index (Phi) is 4.63. The molecular weight excluding hydrogens is 267 g/mol. The van der Waals surface area contributed by atoms with Crippen molar-refractivity contribution in [1.29, 1.82) is 0 Å². The Morgan fingerprint density at radius 2 is 1.72 bits per heavy atom. The summed E-state index contributed by atoms with van der Waals surface area (Å²) in [5.74, 6) is 0. The molecule has 1 aliphatic carbocycles. The summed E-state index contributed by atoms with van der Waals surface area (Å²) in [5, 5.41) is 5.86. The van der Waals surface area contributed by atoms with E-state index in [1.165, 1.54) is 21.9 Å². The smallest absolute Gasteiger partial charge is 0.0727 e. The van der Waals surface area contributed by atoms with Crippen LogP contribution in [0.25, 0.3) is 16.8 Å². The van der Waals surface area contributed by atoms with Gasteiger partial charge in [0, 0.05) is 5.70 Å². The largest absolute Gasteiger partial charge is 0.400 e. The number of benzene rings is 2. The predicted molar refractivity (Wildman–Crippen MR) is 82.4 cm³/mol. The third-order valence-corrected chi connectivity index (χ3v) is 3.22. The number of rotatable bonds is 1. The Morgan fingerprint density at radius 3 is 2.39 bits per heavy atom. The van der Waals surface area contributed by atoms with Crippen molar-refractivity contribution in [1.82, 2.24) is 5.32 Å². The van der Waals surface area contributed by atoms with Crippen LogP contribution in [0.2, 0.25) is 0 Å². The number of nitrogens with two attached hydrogens (primary N) is 1. The van der Waals surface area contributed by atoms with E-state index in [1.807, 2.05) is 7.05 Å². The van der Waals surface area contributed by atoms with Gasteiger partial charge in [-0.1, -0.05) is 36.4 Å². The highest BCUT2D eigenvalue weighted by atomic mass is 35.5. The number of hydrogen-bond donors (Lipinski definition) is 2. The number of halogens is 2. The van der Waals surface area contributed by atoms with Crippen molar-refractivity contribution in [3.63, 3.8) is 0 Å². The van der Waals surface area contributed by atoms with Crippen LogP contribution in [0.5, 0.6) is 0 Å². The first kappa shape index (κ1) is 14.8. The molecule has 1 atom stereocenters. The van der Waals surface area contributed by atoms with E-state index in [4.69, 9.17) is 5.73 Å². The zero-order valence-corrected chi connectivity index (χ0v) is 11.6. The third kappa shape index (κ3) is 2.07. The Hall–Kier alpha value is -1.22. The van der Waals surface area contributed by atoms with Crippen molar-refractivity contribution < 1.29 is 0 Å². The Morgan fingerprint density at radius 1 is 1.06 bits per heavy atom. The molecule has 3 rings (SSSR count). The maximum absolute atomic E-state index is 6.08. The fourth-order valence-corrected chi connectivity index (χ4v) is 2.53. The summed E-state index contributed by atoms with van der Waals surface area (Å²) < 4.78 is 0. The summed E-state index contributed by atoms with van der Waals surface area (Å²) >= 11 is 0. The molecule has 0 aromatic heterocycles. The lowest BCUT2D eigenvalue weighted by Gasteiger charge is -2.24. The molecule has 2 aromatic carbocycles. The summed E-state index contributed by atoms with van der Waals surface area (Å²) in [7, 11) is 1.94. The summed E-state index contributed by atoms with van der Waals surface area (Å²) in [6, 6.07) is 12.8. The molecule has 0 radical (unpaired) electrons. The minimum atomic E-state index is 0. The van der Waals surface area contributed by atoms with Gasteiger partial charge >= 0.3 is 0 Å².